The van der Waals surface area contributed by atoms with E-state index in [-0.39, 0.29) is 5.91 Å². The molecule has 1 aliphatic rings. The van der Waals surface area contributed by atoms with Crippen LogP contribution in [0.25, 0.3) is 0 Å². The number of likely N-dealkylation sites (tertiary alicyclic amines) is 1. The van der Waals surface area contributed by atoms with E-state index in [0.29, 0.717) is 5.69 Å². The Morgan fingerprint density at radius 1 is 1.00 bits per heavy atom. The molecule has 0 radical (unpaired) electrons. The molecule has 0 unspecified atom stereocenters. The molecular formula is C18H21N3O. The average molecular weight is 295 g/mol. The third-order valence-electron chi connectivity index (χ3n) is 4.14. The van der Waals surface area contributed by atoms with Gasteiger partial charge in [0.1, 0.15) is 5.69 Å². The van der Waals surface area contributed by atoms with Crippen LogP contribution >= 0.6 is 0 Å². The summed E-state index contributed by atoms with van der Waals surface area (Å²) in [4.78, 5) is 20.7. The number of benzene rings is 1. The molecule has 2 heterocycles. The fourth-order valence-corrected chi connectivity index (χ4v) is 2.77. The number of hydrogen-bond acceptors (Lipinski definition) is 3. The van der Waals surface area contributed by atoms with Crippen LogP contribution in [0.5, 0.6) is 0 Å². The zero-order valence-electron chi connectivity index (χ0n) is 12.9. The molecule has 3 rings (SSSR count). The topological polar surface area (TPSA) is 36.4 Å². The van der Waals surface area contributed by atoms with Gasteiger partial charge in [0.25, 0.3) is 5.91 Å². The second-order valence-electron chi connectivity index (χ2n) is 5.65. The van der Waals surface area contributed by atoms with Crippen LogP contribution in [0.2, 0.25) is 0 Å². The van der Waals surface area contributed by atoms with Crippen LogP contribution in [-0.2, 0) is 0 Å². The minimum atomic E-state index is 0.0496. The summed E-state index contributed by atoms with van der Waals surface area (Å²) in [6, 6.07) is 13.9. The number of para-hydroxylation sites is 1. The van der Waals surface area contributed by atoms with Crippen molar-refractivity contribution < 1.29 is 4.79 Å². The molecule has 1 aromatic carbocycles. The maximum atomic E-state index is 12.4. The van der Waals surface area contributed by atoms with Crippen molar-refractivity contribution in [3.63, 3.8) is 0 Å². The van der Waals surface area contributed by atoms with E-state index in [9.17, 15) is 4.79 Å². The molecule has 1 fully saturated rings. The highest BCUT2D eigenvalue weighted by molar-refractivity contribution is 5.92. The Kier molecular flexibility index (Phi) is 4.37. The summed E-state index contributed by atoms with van der Waals surface area (Å²) in [5.74, 6) is 0.0496. The zero-order valence-corrected chi connectivity index (χ0v) is 12.9. The van der Waals surface area contributed by atoms with Crippen molar-refractivity contribution in [1.82, 2.24) is 9.88 Å². The first-order chi connectivity index (χ1) is 10.8. The first-order valence-electron chi connectivity index (χ1n) is 7.80. The molecule has 0 saturated carbocycles. The Balaban J connectivity index is 1.73. The summed E-state index contributed by atoms with van der Waals surface area (Å²) in [6.07, 6.45) is 5.18. The molecule has 0 atom stereocenters. The van der Waals surface area contributed by atoms with Crippen LogP contribution in [0.3, 0.4) is 0 Å². The predicted molar refractivity (Wildman–Crippen MR) is 88.5 cm³/mol. The lowest BCUT2D eigenvalue weighted by atomic mass is 10.1. The van der Waals surface area contributed by atoms with E-state index >= 15 is 0 Å². The predicted octanol–water partition coefficient (Wildman–Crippen LogP) is 3.48. The molecule has 1 aliphatic heterocycles. The van der Waals surface area contributed by atoms with Crippen LogP contribution in [0.15, 0.2) is 48.7 Å². The minimum Gasteiger partial charge on any atom is -0.343 e. The largest absolute Gasteiger partial charge is 0.343 e. The van der Waals surface area contributed by atoms with Gasteiger partial charge in [0.05, 0.1) is 11.9 Å². The van der Waals surface area contributed by atoms with Crippen LogP contribution < -0.4 is 4.90 Å². The number of pyridine rings is 1. The molecule has 0 aliphatic carbocycles. The number of piperidine rings is 1. The molecule has 4 nitrogen and oxygen atoms in total. The van der Waals surface area contributed by atoms with Gasteiger partial charge in [-0.15, -0.1) is 0 Å². The van der Waals surface area contributed by atoms with Crippen LogP contribution in [0.4, 0.5) is 11.4 Å². The molecular weight excluding hydrogens is 274 g/mol. The fourth-order valence-electron chi connectivity index (χ4n) is 2.77. The molecule has 114 valence electrons. The maximum absolute atomic E-state index is 12.4. The number of amides is 1. The summed E-state index contributed by atoms with van der Waals surface area (Å²) in [7, 11) is 2.00. The van der Waals surface area contributed by atoms with Gasteiger partial charge in [-0.1, -0.05) is 18.2 Å². The van der Waals surface area contributed by atoms with Crippen molar-refractivity contribution in [3.05, 3.63) is 54.4 Å². The monoisotopic (exact) mass is 295 g/mol. The second-order valence-corrected chi connectivity index (χ2v) is 5.65. The number of nitrogens with zero attached hydrogens (tertiary/aromatic N) is 3. The number of carbonyl (C=O) groups excluding carboxylic acids is 1. The standard InChI is InChI=1S/C18H21N3O/c1-20(15-8-4-2-5-9-15)16-10-11-17(19-14-16)18(22)21-12-6-3-7-13-21/h2,4-5,8-11,14H,3,6-7,12-13H2,1H3. The Bertz CT molecular complexity index is 619. The molecule has 4 heteroatoms. The number of aromatic nitrogens is 1. The van der Waals surface area contributed by atoms with Gasteiger partial charge in [0.2, 0.25) is 0 Å². The first kappa shape index (κ1) is 14.6. The fraction of sp³-hybridized carbons (Fsp3) is 0.333. The van der Waals surface area contributed by atoms with Crippen molar-refractivity contribution in [2.24, 2.45) is 0 Å². The third-order valence-corrected chi connectivity index (χ3v) is 4.14. The SMILES string of the molecule is CN(c1ccccc1)c1ccc(C(=O)N2CCCCC2)nc1. The highest BCUT2D eigenvalue weighted by Gasteiger charge is 2.19. The van der Waals surface area contributed by atoms with E-state index in [0.717, 1.165) is 37.3 Å². The van der Waals surface area contributed by atoms with Crippen molar-refractivity contribution in [1.29, 1.82) is 0 Å². The molecule has 1 aromatic heterocycles. The molecule has 0 spiro atoms. The lowest BCUT2D eigenvalue weighted by Crippen LogP contribution is -2.36. The van der Waals surface area contributed by atoms with Crippen LogP contribution in [0, 0.1) is 0 Å². The molecule has 1 saturated heterocycles. The van der Waals surface area contributed by atoms with Gasteiger partial charge in [-0.25, -0.2) is 4.98 Å². The summed E-state index contributed by atoms with van der Waals surface area (Å²) >= 11 is 0. The summed E-state index contributed by atoms with van der Waals surface area (Å²) in [6.45, 7) is 1.71. The summed E-state index contributed by atoms with van der Waals surface area (Å²) in [5, 5.41) is 0. The number of hydrogen-bond donors (Lipinski definition) is 0. The first-order valence-corrected chi connectivity index (χ1v) is 7.80. The highest BCUT2D eigenvalue weighted by Crippen LogP contribution is 2.22. The minimum absolute atomic E-state index is 0.0496. The van der Waals surface area contributed by atoms with Crippen molar-refractivity contribution >= 4 is 17.3 Å². The van der Waals surface area contributed by atoms with E-state index in [2.05, 4.69) is 9.88 Å². The number of anilines is 2. The van der Waals surface area contributed by atoms with Gasteiger partial charge < -0.3 is 9.80 Å². The molecule has 0 bridgehead atoms. The Morgan fingerprint density at radius 2 is 1.73 bits per heavy atom. The van der Waals surface area contributed by atoms with Gasteiger partial charge in [-0.2, -0.15) is 0 Å². The van der Waals surface area contributed by atoms with E-state index < -0.39 is 0 Å². The van der Waals surface area contributed by atoms with Crippen molar-refractivity contribution in [2.45, 2.75) is 19.3 Å². The Hall–Kier alpha value is -2.36. The van der Waals surface area contributed by atoms with Crippen molar-refractivity contribution in [2.75, 3.05) is 25.0 Å². The summed E-state index contributed by atoms with van der Waals surface area (Å²) < 4.78 is 0. The number of carbonyl (C=O) groups is 1. The maximum Gasteiger partial charge on any atom is 0.272 e. The van der Waals surface area contributed by atoms with E-state index in [4.69, 9.17) is 0 Å². The zero-order chi connectivity index (χ0) is 15.4. The Morgan fingerprint density at radius 3 is 2.36 bits per heavy atom. The van der Waals surface area contributed by atoms with Gasteiger partial charge >= 0.3 is 0 Å². The van der Waals surface area contributed by atoms with E-state index in [1.807, 2.05) is 54.4 Å². The lowest BCUT2D eigenvalue weighted by molar-refractivity contribution is 0.0718. The lowest BCUT2D eigenvalue weighted by Gasteiger charge is -2.26. The molecule has 22 heavy (non-hydrogen) atoms. The van der Waals surface area contributed by atoms with Gasteiger partial charge in [0.15, 0.2) is 0 Å². The molecule has 2 aromatic rings. The quantitative estimate of drug-likeness (QED) is 0.870. The average Bonchev–Trinajstić information content (AvgIpc) is 2.62. The smallest absolute Gasteiger partial charge is 0.272 e. The second kappa shape index (κ2) is 6.60. The normalized spacial score (nSPS) is 14.7. The molecule has 1 amide bonds. The van der Waals surface area contributed by atoms with Gasteiger partial charge in [0, 0.05) is 25.8 Å². The van der Waals surface area contributed by atoms with E-state index in [1.54, 1.807) is 6.20 Å². The van der Waals surface area contributed by atoms with Gasteiger partial charge in [-0.3, -0.25) is 4.79 Å². The van der Waals surface area contributed by atoms with Gasteiger partial charge in [-0.05, 0) is 43.5 Å². The molecule has 0 N–H and O–H groups in total. The van der Waals surface area contributed by atoms with Crippen molar-refractivity contribution in [3.8, 4) is 0 Å². The summed E-state index contributed by atoms with van der Waals surface area (Å²) in [5.41, 5.74) is 2.60. The van der Waals surface area contributed by atoms with Crippen LogP contribution in [-0.4, -0.2) is 35.9 Å². The van der Waals surface area contributed by atoms with E-state index in [1.165, 1.54) is 6.42 Å². The number of rotatable bonds is 3. The van der Waals surface area contributed by atoms with Crippen LogP contribution in [0.1, 0.15) is 29.8 Å². The third kappa shape index (κ3) is 3.11. The highest BCUT2D eigenvalue weighted by atomic mass is 16.2. The Labute approximate surface area is 131 Å².